The molecule has 2 aromatic rings. The molecule has 1 saturated carbocycles. The molecule has 0 unspecified atom stereocenters. The van der Waals surface area contributed by atoms with E-state index in [0.29, 0.717) is 18.2 Å². The number of benzene rings is 1. The Morgan fingerprint density at radius 3 is 2.62 bits per heavy atom. The molecule has 1 aromatic carbocycles. The number of nitro groups is 1. The summed E-state index contributed by atoms with van der Waals surface area (Å²) >= 11 is 0. The van der Waals surface area contributed by atoms with E-state index in [9.17, 15) is 10.1 Å². The fourth-order valence-electron chi connectivity index (χ4n) is 3.12. The lowest BCUT2D eigenvalue weighted by atomic mass is 10.2. The van der Waals surface area contributed by atoms with E-state index in [4.69, 9.17) is 0 Å². The van der Waals surface area contributed by atoms with Crippen molar-refractivity contribution >= 4 is 17.3 Å². The molecule has 1 N–H and O–H groups in total. The summed E-state index contributed by atoms with van der Waals surface area (Å²) in [7, 11) is 1.81. The molecule has 0 bridgehead atoms. The number of nitrogens with zero attached hydrogens (tertiary/aromatic N) is 4. The molecule has 1 aliphatic carbocycles. The predicted octanol–water partition coefficient (Wildman–Crippen LogP) is 3.38. The molecule has 1 heterocycles. The van der Waals surface area contributed by atoms with Gasteiger partial charge in [0.25, 0.3) is 0 Å². The maximum absolute atomic E-state index is 11.6. The van der Waals surface area contributed by atoms with Crippen molar-refractivity contribution in [3.05, 3.63) is 52.3 Å². The summed E-state index contributed by atoms with van der Waals surface area (Å²) in [6.45, 7) is 0.543. The summed E-state index contributed by atoms with van der Waals surface area (Å²) in [4.78, 5) is 21.3. The van der Waals surface area contributed by atoms with Crippen LogP contribution in [0.15, 0.2) is 36.7 Å². The Bertz CT molecular complexity index is 701. The number of aromatic nitrogens is 2. The molecule has 0 amide bonds. The molecule has 0 aliphatic heterocycles. The van der Waals surface area contributed by atoms with Crippen LogP contribution in [-0.4, -0.2) is 28.0 Å². The molecule has 1 aliphatic rings. The standard InChI is InChI=1S/C17H21N5O2/c1-21(11-13-7-3-2-4-8-13)17-15(22(23)24)16(18-12-19-17)20-14-9-5-6-10-14/h2-4,7-8,12,14H,5-6,9-11H2,1H3,(H,18,19,20). The number of hydrogen-bond donors (Lipinski definition) is 1. The van der Waals surface area contributed by atoms with Gasteiger partial charge in [0.05, 0.1) is 4.92 Å². The van der Waals surface area contributed by atoms with Crippen LogP contribution < -0.4 is 10.2 Å². The molecule has 1 aromatic heterocycles. The van der Waals surface area contributed by atoms with Gasteiger partial charge in [-0.2, -0.15) is 0 Å². The maximum atomic E-state index is 11.6. The van der Waals surface area contributed by atoms with Crippen molar-refractivity contribution in [2.24, 2.45) is 0 Å². The molecule has 24 heavy (non-hydrogen) atoms. The SMILES string of the molecule is CN(Cc1ccccc1)c1ncnc(NC2CCCC2)c1[N+](=O)[O-]. The van der Waals surface area contributed by atoms with Gasteiger partial charge < -0.3 is 10.2 Å². The van der Waals surface area contributed by atoms with E-state index >= 15 is 0 Å². The fourth-order valence-corrected chi connectivity index (χ4v) is 3.12. The summed E-state index contributed by atoms with van der Waals surface area (Å²) < 4.78 is 0. The van der Waals surface area contributed by atoms with Crippen LogP contribution in [-0.2, 0) is 6.54 Å². The third kappa shape index (κ3) is 3.61. The Hall–Kier alpha value is -2.70. The van der Waals surface area contributed by atoms with Crippen LogP contribution in [0.1, 0.15) is 31.2 Å². The van der Waals surface area contributed by atoms with Crippen molar-refractivity contribution in [1.29, 1.82) is 0 Å². The van der Waals surface area contributed by atoms with Crippen molar-refractivity contribution < 1.29 is 4.92 Å². The summed E-state index contributed by atoms with van der Waals surface area (Å²) in [5, 5.41) is 14.9. The molecule has 126 valence electrons. The Morgan fingerprint density at radius 2 is 1.96 bits per heavy atom. The average Bonchev–Trinajstić information content (AvgIpc) is 3.08. The molecule has 1 fully saturated rings. The normalized spacial score (nSPS) is 14.5. The smallest absolute Gasteiger partial charge is 0.353 e. The zero-order chi connectivity index (χ0) is 16.9. The van der Waals surface area contributed by atoms with E-state index < -0.39 is 4.92 Å². The van der Waals surface area contributed by atoms with Gasteiger partial charge in [-0.1, -0.05) is 43.2 Å². The Labute approximate surface area is 140 Å². The molecule has 0 spiro atoms. The topological polar surface area (TPSA) is 84.2 Å². The highest BCUT2D eigenvalue weighted by Crippen LogP contribution is 2.33. The first-order valence-corrected chi connectivity index (χ1v) is 8.16. The van der Waals surface area contributed by atoms with Gasteiger partial charge in [-0.3, -0.25) is 10.1 Å². The second kappa shape index (κ2) is 7.25. The minimum absolute atomic E-state index is 0.0529. The lowest BCUT2D eigenvalue weighted by molar-refractivity contribution is -0.383. The summed E-state index contributed by atoms with van der Waals surface area (Å²) in [6, 6.07) is 10.1. The molecule has 0 atom stereocenters. The summed E-state index contributed by atoms with van der Waals surface area (Å²) in [5.41, 5.74) is 1.01. The van der Waals surface area contributed by atoms with Gasteiger partial charge >= 0.3 is 5.69 Å². The third-order valence-corrected chi connectivity index (χ3v) is 4.31. The van der Waals surface area contributed by atoms with Gasteiger partial charge in [0, 0.05) is 19.6 Å². The van der Waals surface area contributed by atoms with Crippen LogP contribution in [0, 0.1) is 10.1 Å². The van der Waals surface area contributed by atoms with Crippen molar-refractivity contribution in [3.63, 3.8) is 0 Å². The van der Waals surface area contributed by atoms with Crippen LogP contribution in [0.3, 0.4) is 0 Å². The first-order chi connectivity index (χ1) is 11.6. The van der Waals surface area contributed by atoms with Gasteiger partial charge in [0.2, 0.25) is 11.6 Å². The minimum Gasteiger partial charge on any atom is -0.361 e. The average molecular weight is 327 g/mol. The van der Waals surface area contributed by atoms with E-state index in [1.54, 1.807) is 4.90 Å². The molecule has 0 radical (unpaired) electrons. The van der Waals surface area contributed by atoms with Crippen LogP contribution in [0.2, 0.25) is 0 Å². The first kappa shape index (κ1) is 16.2. The van der Waals surface area contributed by atoms with Crippen molar-refractivity contribution in [2.45, 2.75) is 38.3 Å². The zero-order valence-corrected chi connectivity index (χ0v) is 13.7. The van der Waals surface area contributed by atoms with Crippen LogP contribution in [0.25, 0.3) is 0 Å². The van der Waals surface area contributed by atoms with Crippen molar-refractivity contribution in [2.75, 3.05) is 17.3 Å². The number of nitrogens with one attached hydrogen (secondary N) is 1. The monoisotopic (exact) mass is 327 g/mol. The summed E-state index contributed by atoms with van der Waals surface area (Å²) in [6.07, 6.45) is 5.74. The van der Waals surface area contributed by atoms with Gasteiger partial charge in [-0.05, 0) is 18.4 Å². The third-order valence-electron chi connectivity index (χ3n) is 4.31. The molecular weight excluding hydrogens is 306 g/mol. The highest BCUT2D eigenvalue weighted by molar-refractivity contribution is 5.70. The summed E-state index contributed by atoms with van der Waals surface area (Å²) in [5.74, 6) is 0.649. The molecule has 0 saturated heterocycles. The number of hydrogen-bond acceptors (Lipinski definition) is 6. The number of rotatable bonds is 6. The quantitative estimate of drug-likeness (QED) is 0.647. The van der Waals surface area contributed by atoms with Crippen molar-refractivity contribution in [3.8, 4) is 0 Å². The van der Waals surface area contributed by atoms with Crippen molar-refractivity contribution in [1.82, 2.24) is 9.97 Å². The van der Waals surface area contributed by atoms with Gasteiger partial charge in [0.15, 0.2) is 0 Å². The second-order valence-electron chi connectivity index (χ2n) is 6.12. The Kier molecular flexibility index (Phi) is 4.88. The van der Waals surface area contributed by atoms with E-state index in [1.807, 2.05) is 37.4 Å². The second-order valence-corrected chi connectivity index (χ2v) is 6.12. The van der Waals surface area contributed by atoms with E-state index in [2.05, 4.69) is 15.3 Å². The molecule has 7 heteroatoms. The highest BCUT2D eigenvalue weighted by atomic mass is 16.6. The van der Waals surface area contributed by atoms with Gasteiger partial charge in [-0.25, -0.2) is 9.97 Å². The first-order valence-electron chi connectivity index (χ1n) is 8.16. The maximum Gasteiger partial charge on any atom is 0.353 e. The van der Waals surface area contributed by atoms with Gasteiger partial charge in [0.1, 0.15) is 6.33 Å². The van der Waals surface area contributed by atoms with Crippen LogP contribution in [0.5, 0.6) is 0 Å². The van der Waals surface area contributed by atoms with E-state index in [1.165, 1.54) is 6.33 Å². The van der Waals surface area contributed by atoms with Gasteiger partial charge in [-0.15, -0.1) is 0 Å². The van der Waals surface area contributed by atoms with Crippen LogP contribution in [0.4, 0.5) is 17.3 Å². The largest absolute Gasteiger partial charge is 0.361 e. The fraction of sp³-hybridized carbons (Fsp3) is 0.412. The van der Waals surface area contributed by atoms with E-state index in [-0.39, 0.29) is 11.7 Å². The molecule has 3 rings (SSSR count). The lowest BCUT2D eigenvalue weighted by Gasteiger charge is -2.20. The Morgan fingerprint density at radius 1 is 1.25 bits per heavy atom. The highest BCUT2D eigenvalue weighted by Gasteiger charge is 2.27. The minimum atomic E-state index is -0.395. The molecular formula is C17H21N5O2. The number of anilines is 2. The van der Waals surface area contributed by atoms with E-state index in [0.717, 1.165) is 31.2 Å². The zero-order valence-electron chi connectivity index (χ0n) is 13.7. The molecule has 7 nitrogen and oxygen atoms in total. The Balaban J connectivity index is 1.87. The van der Waals surface area contributed by atoms with Crippen LogP contribution >= 0.6 is 0 Å². The predicted molar refractivity (Wildman–Crippen MR) is 93.1 cm³/mol. The lowest BCUT2D eigenvalue weighted by Crippen LogP contribution is -2.22.